The smallest absolute Gasteiger partial charge is 0.242 e. The van der Waals surface area contributed by atoms with Crippen LogP contribution in [0.15, 0.2) is 75.9 Å². The fraction of sp³-hybridized carbons (Fsp3) is 0.100. The SMILES string of the molecule is Cn1ncc2c(SCC(=O)N3c4ccccc4Sc4ccccc43)ncnc21. The number of fused-ring (bicyclic) bond motifs is 3. The number of nitrogens with zero attached hydrogens (tertiary/aromatic N) is 5. The van der Waals surface area contributed by atoms with Crippen molar-refractivity contribution < 1.29 is 4.79 Å². The molecular weight excluding hydrogens is 390 g/mol. The molecule has 138 valence electrons. The topological polar surface area (TPSA) is 63.9 Å². The summed E-state index contributed by atoms with van der Waals surface area (Å²) in [5.74, 6) is 0.287. The Morgan fingerprint density at radius 2 is 1.71 bits per heavy atom. The number of thioether (sulfide) groups is 1. The van der Waals surface area contributed by atoms with Crippen LogP contribution in [0.3, 0.4) is 0 Å². The summed E-state index contributed by atoms with van der Waals surface area (Å²) in [6.07, 6.45) is 3.25. The van der Waals surface area contributed by atoms with E-state index in [2.05, 4.69) is 15.1 Å². The molecule has 0 unspecified atom stereocenters. The second-order valence-electron chi connectivity index (χ2n) is 6.24. The van der Waals surface area contributed by atoms with Gasteiger partial charge in [-0.25, -0.2) is 9.97 Å². The van der Waals surface area contributed by atoms with Gasteiger partial charge in [0.05, 0.1) is 28.7 Å². The molecule has 6 nitrogen and oxygen atoms in total. The molecule has 0 radical (unpaired) electrons. The molecule has 0 spiro atoms. The Bertz CT molecular complexity index is 1160. The zero-order valence-electron chi connectivity index (χ0n) is 14.9. The number of carbonyl (C=O) groups is 1. The van der Waals surface area contributed by atoms with Crippen LogP contribution in [-0.2, 0) is 11.8 Å². The molecule has 3 heterocycles. The van der Waals surface area contributed by atoms with Gasteiger partial charge in [0.15, 0.2) is 5.65 Å². The number of amides is 1. The molecule has 0 atom stereocenters. The van der Waals surface area contributed by atoms with Crippen LogP contribution in [0.4, 0.5) is 11.4 Å². The van der Waals surface area contributed by atoms with Crippen LogP contribution in [0.1, 0.15) is 0 Å². The van der Waals surface area contributed by atoms with Gasteiger partial charge >= 0.3 is 0 Å². The van der Waals surface area contributed by atoms with Crippen molar-refractivity contribution in [3.8, 4) is 0 Å². The average molecular weight is 406 g/mol. The van der Waals surface area contributed by atoms with Gasteiger partial charge in [-0.2, -0.15) is 5.10 Å². The minimum atomic E-state index is 0.0147. The van der Waals surface area contributed by atoms with Gasteiger partial charge in [-0.3, -0.25) is 14.4 Å². The Hall–Kier alpha value is -2.84. The Labute approximate surface area is 170 Å². The van der Waals surface area contributed by atoms with Gasteiger partial charge in [0.25, 0.3) is 0 Å². The fourth-order valence-electron chi connectivity index (χ4n) is 3.22. The lowest BCUT2D eigenvalue weighted by atomic mass is 10.2. The van der Waals surface area contributed by atoms with Gasteiger partial charge in [-0.15, -0.1) is 0 Å². The number of anilines is 2. The molecule has 8 heteroatoms. The van der Waals surface area contributed by atoms with E-state index in [1.54, 1.807) is 22.6 Å². The summed E-state index contributed by atoms with van der Waals surface area (Å²) in [5, 5.41) is 5.86. The summed E-state index contributed by atoms with van der Waals surface area (Å²) in [4.78, 5) is 25.9. The number of aryl methyl sites for hydroxylation is 1. The van der Waals surface area contributed by atoms with E-state index in [9.17, 15) is 4.79 Å². The summed E-state index contributed by atoms with van der Waals surface area (Å²) >= 11 is 3.10. The molecule has 1 aliphatic heterocycles. The maximum Gasteiger partial charge on any atom is 0.242 e. The second kappa shape index (κ2) is 6.96. The van der Waals surface area contributed by atoms with Crippen molar-refractivity contribution in [1.82, 2.24) is 19.7 Å². The first-order chi connectivity index (χ1) is 13.7. The van der Waals surface area contributed by atoms with Crippen LogP contribution >= 0.6 is 23.5 Å². The zero-order valence-corrected chi connectivity index (χ0v) is 16.6. The maximum atomic E-state index is 13.3. The third kappa shape index (κ3) is 2.85. The number of hydrogen-bond acceptors (Lipinski definition) is 6. The highest BCUT2D eigenvalue weighted by Gasteiger charge is 2.28. The molecule has 2 aromatic heterocycles. The van der Waals surface area contributed by atoms with Crippen LogP contribution in [0.25, 0.3) is 11.0 Å². The van der Waals surface area contributed by atoms with E-state index < -0.39 is 0 Å². The van der Waals surface area contributed by atoms with E-state index in [4.69, 9.17) is 0 Å². The first-order valence-electron chi connectivity index (χ1n) is 8.67. The van der Waals surface area contributed by atoms with Crippen LogP contribution in [0.5, 0.6) is 0 Å². The van der Waals surface area contributed by atoms with Gasteiger partial charge in [-0.05, 0) is 24.3 Å². The van der Waals surface area contributed by atoms with Crippen LogP contribution in [0.2, 0.25) is 0 Å². The molecule has 5 rings (SSSR count). The molecular formula is C20H15N5OS2. The predicted molar refractivity (Wildman–Crippen MR) is 111 cm³/mol. The first-order valence-corrected chi connectivity index (χ1v) is 10.5. The number of aromatic nitrogens is 4. The van der Waals surface area contributed by atoms with E-state index in [1.165, 1.54) is 18.1 Å². The third-order valence-corrected chi connectivity index (χ3v) is 6.63. The standard InChI is InChI=1S/C20H15N5OS2/c1-24-19-13(10-23-24)20(22-12-21-19)27-11-18(26)25-14-6-2-4-8-16(14)28-17-9-5-3-7-15(17)25/h2-10,12H,11H2,1H3. The molecule has 1 amide bonds. The lowest BCUT2D eigenvalue weighted by molar-refractivity contribution is -0.115. The van der Waals surface area contributed by atoms with Gasteiger partial charge < -0.3 is 0 Å². The fourth-order valence-corrected chi connectivity index (χ4v) is 5.09. The average Bonchev–Trinajstić information content (AvgIpc) is 3.11. The van der Waals surface area contributed by atoms with E-state index in [0.29, 0.717) is 0 Å². The normalized spacial score (nSPS) is 12.7. The van der Waals surface area contributed by atoms with Gasteiger partial charge in [-0.1, -0.05) is 47.8 Å². The summed E-state index contributed by atoms with van der Waals surface area (Å²) < 4.78 is 1.71. The van der Waals surface area contributed by atoms with Crippen molar-refractivity contribution in [3.05, 3.63) is 61.1 Å². The van der Waals surface area contributed by atoms with E-state index in [-0.39, 0.29) is 11.7 Å². The molecule has 1 aliphatic rings. The third-order valence-electron chi connectivity index (χ3n) is 4.51. The van der Waals surface area contributed by atoms with Gasteiger partial charge in [0.1, 0.15) is 11.4 Å². The predicted octanol–water partition coefficient (Wildman–Crippen LogP) is 4.28. The molecule has 0 saturated heterocycles. The van der Waals surface area contributed by atoms with Crippen molar-refractivity contribution in [2.75, 3.05) is 10.7 Å². The van der Waals surface area contributed by atoms with Crippen molar-refractivity contribution in [3.63, 3.8) is 0 Å². The Balaban J connectivity index is 1.47. The van der Waals surface area contributed by atoms with Crippen LogP contribution < -0.4 is 4.90 Å². The summed E-state index contributed by atoms with van der Waals surface area (Å²) in [6.45, 7) is 0. The molecule has 4 aromatic rings. The monoisotopic (exact) mass is 405 g/mol. The highest BCUT2D eigenvalue weighted by Crippen LogP contribution is 2.48. The van der Waals surface area contributed by atoms with Crippen molar-refractivity contribution in [1.29, 1.82) is 0 Å². The number of rotatable bonds is 3. The second-order valence-corrected chi connectivity index (χ2v) is 8.29. The highest BCUT2D eigenvalue weighted by molar-refractivity contribution is 8.00. The van der Waals surface area contributed by atoms with Gasteiger partial charge in [0.2, 0.25) is 5.91 Å². The zero-order chi connectivity index (χ0) is 19.1. The molecule has 0 saturated carbocycles. The van der Waals surface area contributed by atoms with Crippen LogP contribution in [0, 0.1) is 0 Å². The number of para-hydroxylation sites is 2. The molecule has 0 fully saturated rings. The summed E-state index contributed by atoms with van der Waals surface area (Å²) in [5.41, 5.74) is 2.60. The van der Waals surface area contributed by atoms with E-state index in [0.717, 1.165) is 37.2 Å². The highest BCUT2D eigenvalue weighted by atomic mass is 32.2. The number of benzene rings is 2. The molecule has 0 aliphatic carbocycles. The molecule has 0 bridgehead atoms. The van der Waals surface area contributed by atoms with Gasteiger partial charge in [0, 0.05) is 16.8 Å². The number of carbonyl (C=O) groups excluding carboxylic acids is 1. The molecule has 2 aromatic carbocycles. The lowest BCUT2D eigenvalue weighted by Crippen LogP contribution is -2.30. The van der Waals surface area contributed by atoms with Crippen molar-refractivity contribution >= 4 is 51.8 Å². The Morgan fingerprint density at radius 3 is 2.43 bits per heavy atom. The van der Waals surface area contributed by atoms with Crippen LogP contribution in [-0.4, -0.2) is 31.4 Å². The first kappa shape index (κ1) is 17.3. The minimum Gasteiger partial charge on any atom is -0.278 e. The Kier molecular flexibility index (Phi) is 4.29. The largest absolute Gasteiger partial charge is 0.278 e. The quantitative estimate of drug-likeness (QED) is 0.374. The summed E-state index contributed by atoms with van der Waals surface area (Å²) in [6, 6.07) is 16.0. The number of hydrogen-bond donors (Lipinski definition) is 0. The molecule has 28 heavy (non-hydrogen) atoms. The van der Waals surface area contributed by atoms with E-state index >= 15 is 0 Å². The summed E-state index contributed by atoms with van der Waals surface area (Å²) in [7, 11) is 1.84. The van der Waals surface area contributed by atoms with Crippen molar-refractivity contribution in [2.24, 2.45) is 7.05 Å². The van der Waals surface area contributed by atoms with Crippen molar-refractivity contribution in [2.45, 2.75) is 14.8 Å². The minimum absolute atomic E-state index is 0.0147. The van der Waals surface area contributed by atoms with E-state index in [1.807, 2.05) is 60.5 Å². The lowest BCUT2D eigenvalue weighted by Gasteiger charge is -2.30. The maximum absolute atomic E-state index is 13.3. The molecule has 0 N–H and O–H groups in total. The Morgan fingerprint density at radius 1 is 1.04 bits per heavy atom.